The van der Waals surface area contributed by atoms with Gasteiger partial charge in [0.1, 0.15) is 12.4 Å². The highest BCUT2D eigenvalue weighted by atomic mass is 16.5. The van der Waals surface area contributed by atoms with E-state index in [0.29, 0.717) is 6.61 Å². The average Bonchev–Trinajstić information content (AvgIpc) is 2.72. The van der Waals surface area contributed by atoms with Crippen molar-refractivity contribution in [2.75, 3.05) is 0 Å². The summed E-state index contributed by atoms with van der Waals surface area (Å²) in [6.07, 6.45) is 7.61. The third-order valence-corrected chi connectivity index (χ3v) is 4.20. The van der Waals surface area contributed by atoms with Gasteiger partial charge in [-0.25, -0.2) is 4.79 Å². The van der Waals surface area contributed by atoms with Crippen LogP contribution in [0.4, 0.5) is 0 Å². The van der Waals surface area contributed by atoms with Gasteiger partial charge in [-0.3, -0.25) is 0 Å². The molecule has 3 nitrogen and oxygen atoms in total. The van der Waals surface area contributed by atoms with Gasteiger partial charge in [-0.2, -0.15) is 0 Å². The molecule has 28 heavy (non-hydrogen) atoms. The van der Waals surface area contributed by atoms with Gasteiger partial charge in [0.25, 0.3) is 0 Å². The molecule has 140 valence electrons. The molecule has 0 heterocycles. The van der Waals surface area contributed by atoms with Crippen molar-refractivity contribution in [3.05, 3.63) is 113 Å². The van der Waals surface area contributed by atoms with E-state index in [-0.39, 0.29) is 0 Å². The van der Waals surface area contributed by atoms with Crippen LogP contribution in [0.2, 0.25) is 0 Å². The molecular formula is C25H22O3. The predicted octanol–water partition coefficient (Wildman–Crippen LogP) is 5.62. The quantitative estimate of drug-likeness (QED) is 0.524. The number of carbonyl (C=O) groups is 1. The summed E-state index contributed by atoms with van der Waals surface area (Å²) in [6.45, 7) is 0.545. The summed E-state index contributed by atoms with van der Waals surface area (Å²) in [6, 6.07) is 25.9. The Kier molecular flexibility index (Phi) is 6.80. The van der Waals surface area contributed by atoms with Gasteiger partial charge in [-0.1, -0.05) is 78.9 Å². The first-order chi connectivity index (χ1) is 13.7. The maximum Gasteiger partial charge on any atom is 0.328 e. The molecule has 3 aromatic carbocycles. The Morgan fingerprint density at radius 2 is 1.50 bits per heavy atom. The standard InChI is InChI=1S/C25H22O3/c26-25(27)17-16-23-13-5-4-12-22(23)14-6-10-20-11-7-15-24(18-20)28-19-21-8-2-1-3-9-21/h1-9,11-18H,10,19H2,(H,26,27)/b14-6+,17-16+. The van der Waals surface area contributed by atoms with E-state index < -0.39 is 5.97 Å². The van der Waals surface area contributed by atoms with Crippen LogP contribution in [0.5, 0.6) is 5.75 Å². The Bertz CT molecular complexity index is 972. The first-order valence-corrected chi connectivity index (χ1v) is 9.13. The second-order valence-corrected chi connectivity index (χ2v) is 6.33. The van der Waals surface area contributed by atoms with Crippen LogP contribution >= 0.6 is 0 Å². The highest BCUT2D eigenvalue weighted by Crippen LogP contribution is 2.17. The Morgan fingerprint density at radius 3 is 2.25 bits per heavy atom. The number of hydrogen-bond donors (Lipinski definition) is 1. The molecule has 3 heteroatoms. The van der Waals surface area contributed by atoms with Crippen molar-refractivity contribution in [2.24, 2.45) is 0 Å². The first kappa shape index (κ1) is 19.2. The monoisotopic (exact) mass is 370 g/mol. The minimum Gasteiger partial charge on any atom is -0.489 e. The Balaban J connectivity index is 1.63. The summed E-state index contributed by atoms with van der Waals surface area (Å²) >= 11 is 0. The fraction of sp³-hybridized carbons (Fsp3) is 0.0800. The number of benzene rings is 3. The summed E-state index contributed by atoms with van der Waals surface area (Å²) in [5.41, 5.74) is 4.15. The van der Waals surface area contributed by atoms with Crippen molar-refractivity contribution < 1.29 is 14.6 Å². The van der Waals surface area contributed by atoms with E-state index in [4.69, 9.17) is 9.84 Å². The van der Waals surface area contributed by atoms with Crippen LogP contribution < -0.4 is 4.74 Å². The van der Waals surface area contributed by atoms with E-state index in [0.717, 1.165) is 40.5 Å². The van der Waals surface area contributed by atoms with E-state index in [9.17, 15) is 4.79 Å². The molecule has 0 aliphatic heterocycles. The summed E-state index contributed by atoms with van der Waals surface area (Å²) in [5, 5.41) is 8.82. The third-order valence-electron chi connectivity index (χ3n) is 4.20. The van der Waals surface area contributed by atoms with Gasteiger partial charge < -0.3 is 9.84 Å². The molecule has 0 aliphatic rings. The second kappa shape index (κ2) is 9.93. The number of carboxylic acid groups (broad SMARTS) is 1. The van der Waals surface area contributed by atoms with Crippen molar-refractivity contribution in [1.29, 1.82) is 0 Å². The van der Waals surface area contributed by atoms with Crippen LogP contribution in [0.3, 0.4) is 0 Å². The lowest BCUT2D eigenvalue weighted by atomic mass is 10.0. The molecular weight excluding hydrogens is 348 g/mol. The largest absolute Gasteiger partial charge is 0.489 e. The Morgan fingerprint density at radius 1 is 0.821 bits per heavy atom. The Hall–Kier alpha value is -3.59. The lowest BCUT2D eigenvalue weighted by Gasteiger charge is -2.07. The minimum absolute atomic E-state index is 0.545. The van der Waals surface area contributed by atoms with Gasteiger partial charge in [0.2, 0.25) is 0 Å². The molecule has 0 saturated heterocycles. The van der Waals surface area contributed by atoms with Gasteiger partial charge in [-0.15, -0.1) is 0 Å². The molecule has 3 rings (SSSR count). The maximum absolute atomic E-state index is 10.7. The van der Waals surface area contributed by atoms with Crippen molar-refractivity contribution in [1.82, 2.24) is 0 Å². The van der Waals surface area contributed by atoms with E-state index in [2.05, 4.69) is 12.1 Å². The molecule has 0 aromatic heterocycles. The molecule has 0 amide bonds. The second-order valence-electron chi connectivity index (χ2n) is 6.33. The van der Waals surface area contributed by atoms with E-state index in [1.165, 1.54) is 0 Å². The van der Waals surface area contributed by atoms with Crippen LogP contribution in [-0.2, 0) is 17.8 Å². The van der Waals surface area contributed by atoms with Crippen LogP contribution in [-0.4, -0.2) is 11.1 Å². The van der Waals surface area contributed by atoms with E-state index in [1.807, 2.05) is 78.9 Å². The lowest BCUT2D eigenvalue weighted by Crippen LogP contribution is -1.95. The molecule has 1 N–H and O–H groups in total. The van der Waals surface area contributed by atoms with Gasteiger partial charge in [0.05, 0.1) is 0 Å². The normalized spacial score (nSPS) is 11.1. The number of hydrogen-bond acceptors (Lipinski definition) is 2. The predicted molar refractivity (Wildman–Crippen MR) is 113 cm³/mol. The van der Waals surface area contributed by atoms with Gasteiger partial charge in [-0.05, 0) is 46.9 Å². The SMILES string of the molecule is O=C(O)/C=C/c1ccccc1/C=C/Cc1cccc(OCc2ccccc2)c1. The number of aliphatic carboxylic acids is 1. The van der Waals surface area contributed by atoms with Crippen molar-refractivity contribution in [3.63, 3.8) is 0 Å². The summed E-state index contributed by atoms with van der Waals surface area (Å²) in [7, 11) is 0. The zero-order valence-corrected chi connectivity index (χ0v) is 15.5. The Labute approximate surface area is 165 Å². The van der Waals surface area contributed by atoms with Gasteiger partial charge in [0.15, 0.2) is 0 Å². The minimum atomic E-state index is -0.953. The van der Waals surface area contributed by atoms with Crippen molar-refractivity contribution in [2.45, 2.75) is 13.0 Å². The third kappa shape index (κ3) is 5.99. The van der Waals surface area contributed by atoms with Crippen LogP contribution in [0.15, 0.2) is 91.0 Å². The van der Waals surface area contributed by atoms with Crippen molar-refractivity contribution in [3.8, 4) is 5.75 Å². The summed E-state index contributed by atoms with van der Waals surface area (Å²) < 4.78 is 5.88. The van der Waals surface area contributed by atoms with Gasteiger partial charge in [0, 0.05) is 6.08 Å². The van der Waals surface area contributed by atoms with E-state index in [1.54, 1.807) is 6.08 Å². The zero-order chi connectivity index (χ0) is 19.6. The summed E-state index contributed by atoms with van der Waals surface area (Å²) in [5.74, 6) is -0.106. The molecule has 0 spiro atoms. The summed E-state index contributed by atoms with van der Waals surface area (Å²) in [4.78, 5) is 10.7. The average molecular weight is 370 g/mol. The smallest absolute Gasteiger partial charge is 0.328 e. The molecule has 0 atom stereocenters. The lowest BCUT2D eigenvalue weighted by molar-refractivity contribution is -0.131. The number of ether oxygens (including phenoxy) is 1. The highest BCUT2D eigenvalue weighted by molar-refractivity contribution is 5.86. The molecule has 0 unspecified atom stereocenters. The number of allylic oxidation sites excluding steroid dienone is 1. The fourth-order valence-corrected chi connectivity index (χ4v) is 2.80. The molecule has 0 saturated carbocycles. The van der Waals surface area contributed by atoms with Crippen molar-refractivity contribution >= 4 is 18.1 Å². The zero-order valence-electron chi connectivity index (χ0n) is 15.5. The van der Waals surface area contributed by atoms with Crippen LogP contribution in [0.1, 0.15) is 22.3 Å². The van der Waals surface area contributed by atoms with Crippen LogP contribution in [0, 0.1) is 0 Å². The number of rotatable bonds is 8. The molecule has 0 aliphatic carbocycles. The molecule has 0 bridgehead atoms. The fourth-order valence-electron chi connectivity index (χ4n) is 2.80. The maximum atomic E-state index is 10.7. The first-order valence-electron chi connectivity index (χ1n) is 9.13. The molecule has 0 radical (unpaired) electrons. The number of carboxylic acids is 1. The van der Waals surface area contributed by atoms with E-state index >= 15 is 0 Å². The molecule has 3 aromatic rings. The topological polar surface area (TPSA) is 46.5 Å². The van der Waals surface area contributed by atoms with Gasteiger partial charge >= 0.3 is 5.97 Å². The van der Waals surface area contributed by atoms with Crippen LogP contribution in [0.25, 0.3) is 12.2 Å². The highest BCUT2D eigenvalue weighted by Gasteiger charge is 1.99. The molecule has 0 fully saturated rings.